The Morgan fingerprint density at radius 3 is 2.85 bits per heavy atom. The Morgan fingerprint density at radius 2 is 2.00 bits per heavy atom. The third-order valence-electron chi connectivity index (χ3n) is 4.46. The molecule has 3 aromatic heterocycles. The fourth-order valence-electron chi connectivity index (χ4n) is 3.21. The Balaban J connectivity index is 1.66. The largest absolute Gasteiger partial charge is 0.371 e. The van der Waals surface area contributed by atoms with Crippen molar-refractivity contribution in [1.82, 2.24) is 29.9 Å². The molecule has 130 valence electrons. The first-order valence-corrected chi connectivity index (χ1v) is 8.73. The number of nitrogens with one attached hydrogen (secondary N) is 1. The number of pyridine rings is 1. The molecule has 0 amide bonds. The summed E-state index contributed by atoms with van der Waals surface area (Å²) >= 11 is 12.2. The molecule has 26 heavy (non-hydrogen) atoms. The van der Waals surface area contributed by atoms with Gasteiger partial charge in [0.25, 0.3) is 0 Å². The van der Waals surface area contributed by atoms with Crippen LogP contribution in [0.25, 0.3) is 22.4 Å². The van der Waals surface area contributed by atoms with Gasteiger partial charge in [-0.05, 0) is 23.8 Å². The minimum Gasteiger partial charge on any atom is -0.371 e. The highest BCUT2D eigenvalue weighted by Crippen LogP contribution is 2.32. The molecule has 1 aliphatic heterocycles. The van der Waals surface area contributed by atoms with Crippen molar-refractivity contribution in [1.29, 1.82) is 0 Å². The molecule has 7 nitrogen and oxygen atoms in total. The summed E-state index contributed by atoms with van der Waals surface area (Å²) in [7, 11) is 0. The van der Waals surface area contributed by atoms with E-state index in [-0.39, 0.29) is 6.04 Å². The molecule has 1 atom stereocenters. The molecular weight excluding hydrogens is 375 g/mol. The van der Waals surface area contributed by atoms with Crippen LogP contribution in [0.4, 0.5) is 0 Å². The Kier molecular flexibility index (Phi) is 3.66. The molecule has 0 saturated heterocycles. The summed E-state index contributed by atoms with van der Waals surface area (Å²) in [5, 5.41) is 17.3. The molecule has 5 rings (SSSR count). The molecule has 1 aliphatic rings. The second-order valence-electron chi connectivity index (χ2n) is 6.03. The van der Waals surface area contributed by atoms with Crippen LogP contribution in [0.15, 0.2) is 36.5 Å². The molecule has 4 aromatic rings. The van der Waals surface area contributed by atoms with E-state index < -0.39 is 0 Å². The second-order valence-corrected chi connectivity index (χ2v) is 6.84. The van der Waals surface area contributed by atoms with Crippen LogP contribution >= 0.6 is 23.2 Å². The van der Waals surface area contributed by atoms with E-state index in [1.807, 2.05) is 30.3 Å². The number of H-pyrrole nitrogens is 1. The van der Waals surface area contributed by atoms with Crippen LogP contribution in [0.3, 0.4) is 0 Å². The summed E-state index contributed by atoms with van der Waals surface area (Å²) in [6.45, 7) is 0.945. The molecule has 4 heterocycles. The van der Waals surface area contributed by atoms with Crippen molar-refractivity contribution in [2.75, 3.05) is 6.61 Å². The summed E-state index contributed by atoms with van der Waals surface area (Å²) in [5.74, 6) is 1.49. The van der Waals surface area contributed by atoms with Crippen molar-refractivity contribution in [2.45, 2.75) is 12.6 Å². The van der Waals surface area contributed by atoms with Gasteiger partial charge in [-0.2, -0.15) is 5.10 Å². The molecule has 0 spiro atoms. The highest BCUT2D eigenvalue weighted by atomic mass is 35.5. The van der Waals surface area contributed by atoms with Crippen LogP contribution in [0, 0.1) is 0 Å². The Bertz CT molecular complexity index is 1100. The number of nitrogens with zero attached hydrogens (tertiary/aromatic N) is 5. The van der Waals surface area contributed by atoms with Gasteiger partial charge in [0.15, 0.2) is 17.3 Å². The lowest BCUT2D eigenvalue weighted by molar-refractivity contribution is 0.0668. The zero-order valence-electron chi connectivity index (χ0n) is 13.4. The smallest absolute Gasteiger partial charge is 0.182 e. The van der Waals surface area contributed by atoms with Gasteiger partial charge in [0.1, 0.15) is 11.8 Å². The van der Waals surface area contributed by atoms with E-state index in [4.69, 9.17) is 27.9 Å². The number of hydrogen-bond acceptors (Lipinski definition) is 5. The summed E-state index contributed by atoms with van der Waals surface area (Å²) in [6.07, 6.45) is 1.73. The highest BCUT2D eigenvalue weighted by Gasteiger charge is 2.27. The first-order valence-electron chi connectivity index (χ1n) is 7.97. The average Bonchev–Trinajstić information content (AvgIpc) is 3.26. The van der Waals surface area contributed by atoms with Crippen LogP contribution in [0.5, 0.6) is 0 Å². The zero-order valence-corrected chi connectivity index (χ0v) is 14.9. The van der Waals surface area contributed by atoms with E-state index in [1.54, 1.807) is 6.20 Å². The second kappa shape index (κ2) is 6.05. The summed E-state index contributed by atoms with van der Waals surface area (Å²) in [4.78, 5) is 4.36. The third-order valence-corrected chi connectivity index (χ3v) is 5.00. The van der Waals surface area contributed by atoms with Gasteiger partial charge in [0.2, 0.25) is 0 Å². The summed E-state index contributed by atoms with van der Waals surface area (Å²) in [6, 6.07) is 9.59. The van der Waals surface area contributed by atoms with Crippen LogP contribution < -0.4 is 0 Å². The fourth-order valence-corrected chi connectivity index (χ4v) is 3.51. The molecule has 9 heteroatoms. The molecule has 0 fully saturated rings. The number of aromatic nitrogens is 6. The molecule has 0 radical (unpaired) electrons. The van der Waals surface area contributed by atoms with E-state index in [0.29, 0.717) is 29.0 Å². The van der Waals surface area contributed by atoms with Gasteiger partial charge >= 0.3 is 0 Å². The third kappa shape index (κ3) is 2.47. The van der Waals surface area contributed by atoms with Gasteiger partial charge in [-0.3, -0.25) is 9.67 Å². The van der Waals surface area contributed by atoms with Crippen molar-refractivity contribution in [3.63, 3.8) is 0 Å². The quantitative estimate of drug-likeness (QED) is 0.568. The first kappa shape index (κ1) is 15.7. The molecule has 1 unspecified atom stereocenters. The fraction of sp³-hybridized carbons (Fsp3) is 0.176. The predicted molar refractivity (Wildman–Crippen MR) is 97.2 cm³/mol. The van der Waals surface area contributed by atoms with Crippen molar-refractivity contribution in [3.8, 4) is 11.4 Å². The lowest BCUT2D eigenvalue weighted by Gasteiger charge is -2.26. The highest BCUT2D eigenvalue weighted by molar-refractivity contribution is 6.34. The molecular formula is C17H12Cl2N6O. The van der Waals surface area contributed by atoms with Gasteiger partial charge in [-0.25, -0.2) is 4.98 Å². The van der Waals surface area contributed by atoms with Gasteiger partial charge in [-0.15, -0.1) is 10.2 Å². The molecule has 1 aromatic carbocycles. The van der Waals surface area contributed by atoms with E-state index in [0.717, 1.165) is 28.2 Å². The van der Waals surface area contributed by atoms with Crippen molar-refractivity contribution in [3.05, 3.63) is 58.1 Å². The lowest BCUT2D eigenvalue weighted by Crippen LogP contribution is -2.25. The Labute approximate surface area is 157 Å². The minimum atomic E-state index is -0.0449. The van der Waals surface area contributed by atoms with Crippen LogP contribution in [0.1, 0.15) is 17.4 Å². The van der Waals surface area contributed by atoms with Gasteiger partial charge in [-0.1, -0.05) is 35.3 Å². The SMILES string of the molecule is Clc1ccc(C2COCc3nnc(-c4cnc5n[nH]c(Cl)c5c4)n32)cc1. The maximum Gasteiger partial charge on any atom is 0.182 e. The molecule has 0 bridgehead atoms. The van der Waals surface area contributed by atoms with Crippen LogP contribution in [-0.4, -0.2) is 36.6 Å². The number of ether oxygens (including phenoxy) is 1. The average molecular weight is 387 g/mol. The number of benzene rings is 1. The number of hydrogen-bond donors (Lipinski definition) is 1. The van der Waals surface area contributed by atoms with E-state index >= 15 is 0 Å². The normalized spacial score (nSPS) is 16.8. The first-order chi connectivity index (χ1) is 12.7. The van der Waals surface area contributed by atoms with Crippen LogP contribution in [0.2, 0.25) is 10.2 Å². The lowest BCUT2D eigenvalue weighted by atomic mass is 10.1. The number of halogens is 2. The Hall–Kier alpha value is -2.48. The standard InChI is InChI=1S/C17H12Cl2N6O/c18-11-3-1-9(2-4-11)13-7-26-8-14-21-24-17(25(13)14)10-5-12-15(19)22-23-16(12)20-6-10/h1-6,13H,7-8H2,(H,20,22,23). The number of rotatable bonds is 2. The van der Waals surface area contributed by atoms with E-state index in [1.165, 1.54) is 0 Å². The summed E-state index contributed by atoms with van der Waals surface area (Å²) < 4.78 is 7.80. The predicted octanol–water partition coefficient (Wildman–Crippen LogP) is 3.64. The topological polar surface area (TPSA) is 81.5 Å². The minimum absolute atomic E-state index is 0.0449. The number of fused-ring (bicyclic) bond motifs is 2. The molecule has 1 N–H and O–H groups in total. The van der Waals surface area contributed by atoms with Crippen LogP contribution in [-0.2, 0) is 11.3 Å². The molecule has 0 aliphatic carbocycles. The monoisotopic (exact) mass is 386 g/mol. The van der Waals surface area contributed by atoms with Gasteiger partial charge in [0, 0.05) is 16.8 Å². The van der Waals surface area contributed by atoms with E-state index in [9.17, 15) is 0 Å². The summed E-state index contributed by atoms with van der Waals surface area (Å²) in [5.41, 5.74) is 2.46. The maximum absolute atomic E-state index is 6.16. The van der Waals surface area contributed by atoms with Crippen molar-refractivity contribution < 1.29 is 4.74 Å². The zero-order chi connectivity index (χ0) is 17.7. The molecule has 0 saturated carbocycles. The van der Waals surface area contributed by atoms with Gasteiger partial charge in [0.05, 0.1) is 18.0 Å². The van der Waals surface area contributed by atoms with Crippen molar-refractivity contribution >= 4 is 34.2 Å². The Morgan fingerprint density at radius 1 is 1.15 bits per heavy atom. The van der Waals surface area contributed by atoms with E-state index in [2.05, 4.69) is 29.9 Å². The maximum atomic E-state index is 6.16. The van der Waals surface area contributed by atoms with Crippen molar-refractivity contribution in [2.24, 2.45) is 0 Å². The van der Waals surface area contributed by atoms with Gasteiger partial charge < -0.3 is 4.74 Å². The number of aromatic amines is 1.